The molecule has 2 N–H and O–H groups in total. The van der Waals surface area contributed by atoms with Crippen LogP contribution in [0.5, 0.6) is 0 Å². The van der Waals surface area contributed by atoms with Crippen molar-refractivity contribution in [3.63, 3.8) is 0 Å². The molecular formula is C9H15N3S. The zero-order valence-corrected chi connectivity index (χ0v) is 9.11. The largest absolute Gasteiger partial charge is 0.384 e. The third kappa shape index (κ3) is 1.33. The molecule has 13 heavy (non-hydrogen) atoms. The maximum absolute atomic E-state index is 6.03. The minimum absolute atomic E-state index is 0.0575. The predicted molar refractivity (Wildman–Crippen MR) is 56.1 cm³/mol. The number of nitrogens with two attached hydrogens (primary N) is 1. The molecule has 0 atom stereocenters. The Hall–Kier alpha value is -0.640. The molecule has 2 rings (SSSR count). The van der Waals surface area contributed by atoms with E-state index in [-0.39, 0.29) is 5.41 Å². The smallest absolute Gasteiger partial charge is 0.169 e. The minimum atomic E-state index is 0.0575. The van der Waals surface area contributed by atoms with Crippen LogP contribution < -0.4 is 5.73 Å². The number of hydrogen-bond acceptors (Lipinski definition) is 3. The molecule has 1 aliphatic heterocycles. The fourth-order valence-corrected chi connectivity index (χ4v) is 2.51. The number of rotatable bonds is 0. The van der Waals surface area contributed by atoms with Crippen molar-refractivity contribution in [2.45, 2.75) is 37.9 Å². The molecule has 0 spiro atoms. The Labute approximate surface area is 82.7 Å². The van der Waals surface area contributed by atoms with E-state index in [1.807, 2.05) is 0 Å². The molecule has 0 bridgehead atoms. The van der Waals surface area contributed by atoms with Crippen LogP contribution in [0.25, 0.3) is 0 Å². The second kappa shape index (κ2) is 2.67. The van der Waals surface area contributed by atoms with Crippen LogP contribution in [0.15, 0.2) is 5.16 Å². The van der Waals surface area contributed by atoms with Gasteiger partial charge in [0, 0.05) is 17.7 Å². The molecule has 0 aliphatic carbocycles. The van der Waals surface area contributed by atoms with Crippen LogP contribution in [0.4, 0.5) is 5.82 Å². The highest BCUT2D eigenvalue weighted by Gasteiger charge is 2.26. The van der Waals surface area contributed by atoms with Crippen molar-refractivity contribution in [1.82, 2.24) is 9.55 Å². The lowest BCUT2D eigenvalue weighted by atomic mass is 9.92. The van der Waals surface area contributed by atoms with Gasteiger partial charge in [-0.2, -0.15) is 0 Å². The van der Waals surface area contributed by atoms with Crippen molar-refractivity contribution in [2.24, 2.45) is 0 Å². The molecule has 0 saturated heterocycles. The molecule has 72 valence electrons. The lowest BCUT2D eigenvalue weighted by molar-refractivity contribution is 0.571. The average molecular weight is 197 g/mol. The van der Waals surface area contributed by atoms with E-state index in [4.69, 9.17) is 5.73 Å². The second-order valence-electron chi connectivity index (χ2n) is 4.38. The number of nitrogen functional groups attached to an aromatic ring is 1. The summed E-state index contributed by atoms with van der Waals surface area (Å²) < 4.78 is 2.12. The Balaban J connectivity index is 2.51. The molecule has 2 heterocycles. The molecule has 3 nitrogen and oxygen atoms in total. The van der Waals surface area contributed by atoms with E-state index >= 15 is 0 Å². The quantitative estimate of drug-likeness (QED) is 0.690. The Morgan fingerprint density at radius 1 is 1.46 bits per heavy atom. The summed E-state index contributed by atoms with van der Waals surface area (Å²) >= 11 is 1.79. The van der Waals surface area contributed by atoms with Crippen molar-refractivity contribution in [3.05, 3.63) is 5.69 Å². The highest BCUT2D eigenvalue weighted by Crippen LogP contribution is 2.34. The normalized spacial score (nSPS) is 16.2. The number of aromatic nitrogens is 2. The number of thioether (sulfide) groups is 1. The van der Waals surface area contributed by atoms with Gasteiger partial charge in [0.05, 0.1) is 5.69 Å². The lowest BCUT2D eigenvalue weighted by Crippen LogP contribution is -2.15. The van der Waals surface area contributed by atoms with Crippen molar-refractivity contribution in [1.29, 1.82) is 0 Å². The average Bonchev–Trinajstić information content (AvgIpc) is 2.51. The summed E-state index contributed by atoms with van der Waals surface area (Å²) in [5.41, 5.74) is 7.12. The first-order chi connectivity index (χ1) is 6.00. The summed E-state index contributed by atoms with van der Waals surface area (Å²) in [6.45, 7) is 7.44. The lowest BCUT2D eigenvalue weighted by Gasteiger charge is -2.16. The second-order valence-corrected chi connectivity index (χ2v) is 5.44. The molecule has 0 saturated carbocycles. The summed E-state index contributed by atoms with van der Waals surface area (Å²) in [6.07, 6.45) is 0. The zero-order valence-electron chi connectivity index (χ0n) is 8.29. The van der Waals surface area contributed by atoms with E-state index < -0.39 is 0 Å². The number of hydrogen-bond donors (Lipinski definition) is 1. The molecular weight excluding hydrogens is 182 g/mol. The Morgan fingerprint density at radius 2 is 2.15 bits per heavy atom. The van der Waals surface area contributed by atoms with Gasteiger partial charge < -0.3 is 10.3 Å². The standard InChI is InChI=1S/C9H15N3S/c1-9(2,3)6-7(10)12-4-5-13-8(12)11-6/h4-5,10H2,1-3H3. The number of imidazole rings is 1. The summed E-state index contributed by atoms with van der Waals surface area (Å²) in [4.78, 5) is 4.56. The maximum Gasteiger partial charge on any atom is 0.169 e. The van der Waals surface area contributed by atoms with E-state index in [1.54, 1.807) is 11.8 Å². The van der Waals surface area contributed by atoms with Crippen molar-refractivity contribution < 1.29 is 0 Å². The summed E-state index contributed by atoms with van der Waals surface area (Å²) in [6, 6.07) is 0. The fraction of sp³-hybridized carbons (Fsp3) is 0.667. The predicted octanol–water partition coefficient (Wildman–Crippen LogP) is 1.87. The van der Waals surface area contributed by atoms with Crippen LogP contribution in [0, 0.1) is 0 Å². The molecule has 0 unspecified atom stereocenters. The topological polar surface area (TPSA) is 43.8 Å². The summed E-state index contributed by atoms with van der Waals surface area (Å²) in [7, 11) is 0. The minimum Gasteiger partial charge on any atom is -0.384 e. The van der Waals surface area contributed by atoms with E-state index in [9.17, 15) is 0 Å². The van der Waals surface area contributed by atoms with Gasteiger partial charge in [-0.05, 0) is 0 Å². The van der Waals surface area contributed by atoms with Crippen LogP contribution >= 0.6 is 11.8 Å². The summed E-state index contributed by atoms with van der Waals surface area (Å²) in [5.74, 6) is 1.96. The molecule has 0 radical (unpaired) electrons. The van der Waals surface area contributed by atoms with Gasteiger partial charge in [-0.25, -0.2) is 4.98 Å². The molecule has 0 fully saturated rings. The third-order valence-electron chi connectivity index (χ3n) is 2.23. The van der Waals surface area contributed by atoms with Crippen LogP contribution in [0.2, 0.25) is 0 Å². The van der Waals surface area contributed by atoms with Crippen LogP contribution in [-0.4, -0.2) is 15.3 Å². The highest BCUT2D eigenvalue weighted by atomic mass is 32.2. The van der Waals surface area contributed by atoms with E-state index in [1.165, 1.54) is 0 Å². The van der Waals surface area contributed by atoms with Gasteiger partial charge in [-0.3, -0.25) is 0 Å². The molecule has 4 heteroatoms. The SMILES string of the molecule is CC(C)(C)c1nc2n(c1N)CCS2. The summed E-state index contributed by atoms with van der Waals surface area (Å²) in [5, 5.41) is 1.09. The van der Waals surface area contributed by atoms with Gasteiger partial charge in [0.1, 0.15) is 5.82 Å². The van der Waals surface area contributed by atoms with Crippen molar-refractivity contribution in [3.8, 4) is 0 Å². The van der Waals surface area contributed by atoms with Crippen LogP contribution in [0.3, 0.4) is 0 Å². The van der Waals surface area contributed by atoms with Crippen molar-refractivity contribution in [2.75, 3.05) is 11.5 Å². The monoisotopic (exact) mass is 197 g/mol. The first-order valence-corrected chi connectivity index (χ1v) is 5.48. The Kier molecular flexibility index (Phi) is 1.84. The van der Waals surface area contributed by atoms with Gasteiger partial charge >= 0.3 is 0 Å². The number of fused-ring (bicyclic) bond motifs is 1. The molecule has 1 aromatic heterocycles. The van der Waals surface area contributed by atoms with Crippen LogP contribution in [-0.2, 0) is 12.0 Å². The highest BCUT2D eigenvalue weighted by molar-refractivity contribution is 7.99. The third-order valence-corrected chi connectivity index (χ3v) is 3.18. The van der Waals surface area contributed by atoms with Gasteiger partial charge in [0.25, 0.3) is 0 Å². The van der Waals surface area contributed by atoms with Gasteiger partial charge in [0.15, 0.2) is 5.16 Å². The maximum atomic E-state index is 6.03. The fourth-order valence-electron chi connectivity index (χ4n) is 1.55. The van der Waals surface area contributed by atoms with Gasteiger partial charge in [-0.15, -0.1) is 0 Å². The Bertz CT molecular complexity index is 335. The Morgan fingerprint density at radius 3 is 2.69 bits per heavy atom. The van der Waals surface area contributed by atoms with E-state index in [0.29, 0.717) is 0 Å². The first-order valence-electron chi connectivity index (χ1n) is 4.49. The van der Waals surface area contributed by atoms with Gasteiger partial charge in [0.2, 0.25) is 0 Å². The van der Waals surface area contributed by atoms with Gasteiger partial charge in [-0.1, -0.05) is 32.5 Å². The molecule has 0 amide bonds. The van der Waals surface area contributed by atoms with E-state index in [0.717, 1.165) is 29.0 Å². The molecule has 1 aromatic rings. The number of nitrogens with zero attached hydrogens (tertiary/aromatic N) is 2. The molecule has 0 aromatic carbocycles. The zero-order chi connectivity index (χ0) is 9.64. The first kappa shape index (κ1) is 8.94. The van der Waals surface area contributed by atoms with Crippen LogP contribution in [0.1, 0.15) is 26.5 Å². The van der Waals surface area contributed by atoms with Crippen molar-refractivity contribution >= 4 is 17.6 Å². The van der Waals surface area contributed by atoms with E-state index in [2.05, 4.69) is 30.3 Å². The molecule has 1 aliphatic rings. The number of anilines is 1.